The number of thiophene rings is 1. The van der Waals surface area contributed by atoms with Gasteiger partial charge in [0, 0.05) is 10.7 Å². The van der Waals surface area contributed by atoms with Crippen molar-refractivity contribution in [3.8, 4) is 0 Å². The highest BCUT2D eigenvalue weighted by Crippen LogP contribution is 2.42. The van der Waals surface area contributed by atoms with Gasteiger partial charge in [-0.3, -0.25) is 0 Å². The Morgan fingerprint density at radius 2 is 2.00 bits per heavy atom. The molecular formula is C12H14ClNS. The van der Waals surface area contributed by atoms with E-state index in [4.69, 9.17) is 5.73 Å². The molecule has 3 heteroatoms. The quantitative estimate of drug-likeness (QED) is 0.849. The normalized spacial score (nSPS) is 17.4. The minimum Gasteiger partial charge on any atom is -0.324 e. The van der Waals surface area contributed by atoms with Gasteiger partial charge in [-0.15, -0.1) is 23.7 Å². The van der Waals surface area contributed by atoms with Gasteiger partial charge in [-0.05, 0) is 41.2 Å². The molecule has 1 aliphatic rings. The van der Waals surface area contributed by atoms with E-state index in [1.165, 1.54) is 28.5 Å². The minimum atomic E-state index is 0. The second-order valence-corrected chi connectivity index (χ2v) is 4.96. The van der Waals surface area contributed by atoms with Gasteiger partial charge in [-0.2, -0.15) is 0 Å². The summed E-state index contributed by atoms with van der Waals surface area (Å²) in [5, 5.41) is 3.59. The van der Waals surface area contributed by atoms with Crippen LogP contribution in [0, 0.1) is 5.92 Å². The van der Waals surface area contributed by atoms with Crippen LogP contribution in [-0.2, 0) is 0 Å². The summed E-state index contributed by atoms with van der Waals surface area (Å²) in [6.45, 7) is 0. The molecule has 0 radical (unpaired) electrons. The van der Waals surface area contributed by atoms with Crippen molar-refractivity contribution in [1.82, 2.24) is 0 Å². The number of fused-ring (bicyclic) bond motifs is 1. The van der Waals surface area contributed by atoms with Crippen molar-refractivity contribution in [2.24, 2.45) is 11.7 Å². The van der Waals surface area contributed by atoms with Crippen LogP contribution in [0.25, 0.3) is 10.1 Å². The molecule has 1 aromatic heterocycles. The van der Waals surface area contributed by atoms with Gasteiger partial charge in [0.25, 0.3) is 0 Å². The van der Waals surface area contributed by atoms with E-state index in [2.05, 4.69) is 29.6 Å². The van der Waals surface area contributed by atoms with Crippen LogP contribution < -0.4 is 5.73 Å². The molecule has 80 valence electrons. The lowest BCUT2D eigenvalue weighted by molar-refractivity contribution is 0.640. The maximum Gasteiger partial charge on any atom is 0.0346 e. The fourth-order valence-corrected chi connectivity index (χ4v) is 2.97. The highest BCUT2D eigenvalue weighted by Gasteiger charge is 2.30. The summed E-state index contributed by atoms with van der Waals surface area (Å²) in [7, 11) is 0. The average Bonchev–Trinajstić information content (AvgIpc) is 2.97. The van der Waals surface area contributed by atoms with E-state index in [1.807, 2.05) is 11.3 Å². The molecule has 0 amide bonds. The van der Waals surface area contributed by atoms with Crippen LogP contribution in [0.2, 0.25) is 0 Å². The highest BCUT2D eigenvalue weighted by molar-refractivity contribution is 7.17. The molecule has 1 fully saturated rings. The Bertz CT molecular complexity index is 461. The molecule has 0 saturated heterocycles. The largest absolute Gasteiger partial charge is 0.324 e. The SMILES string of the molecule is Cl.N[C@H](c1csc2ccccc12)C1CC1. The molecule has 0 unspecified atom stereocenters. The Kier molecular flexibility index (Phi) is 3.01. The molecule has 1 aromatic carbocycles. The number of rotatable bonds is 2. The number of hydrogen-bond donors (Lipinski definition) is 1. The molecule has 2 aromatic rings. The molecule has 1 saturated carbocycles. The number of nitrogens with two attached hydrogens (primary N) is 1. The van der Waals surface area contributed by atoms with Crippen LogP contribution in [0.5, 0.6) is 0 Å². The third-order valence-electron chi connectivity index (χ3n) is 3.00. The van der Waals surface area contributed by atoms with Crippen molar-refractivity contribution >= 4 is 33.8 Å². The predicted molar refractivity (Wildman–Crippen MR) is 68.7 cm³/mol. The third-order valence-corrected chi connectivity index (χ3v) is 3.98. The van der Waals surface area contributed by atoms with Crippen LogP contribution in [-0.4, -0.2) is 0 Å². The topological polar surface area (TPSA) is 26.0 Å². The average molecular weight is 240 g/mol. The van der Waals surface area contributed by atoms with Gasteiger partial charge >= 0.3 is 0 Å². The first kappa shape index (κ1) is 10.9. The minimum absolute atomic E-state index is 0. The van der Waals surface area contributed by atoms with Gasteiger partial charge in [0.05, 0.1) is 0 Å². The summed E-state index contributed by atoms with van der Waals surface area (Å²) in [6.07, 6.45) is 2.62. The molecule has 0 aliphatic heterocycles. The second-order valence-electron chi connectivity index (χ2n) is 4.05. The number of hydrogen-bond acceptors (Lipinski definition) is 2. The van der Waals surface area contributed by atoms with E-state index in [1.54, 1.807) is 0 Å². The van der Waals surface area contributed by atoms with Gasteiger partial charge in [0.1, 0.15) is 0 Å². The molecule has 1 heterocycles. The first-order chi connectivity index (χ1) is 6.86. The summed E-state index contributed by atoms with van der Waals surface area (Å²) in [5.41, 5.74) is 7.57. The van der Waals surface area contributed by atoms with E-state index in [9.17, 15) is 0 Å². The molecule has 0 bridgehead atoms. The van der Waals surface area contributed by atoms with Crippen molar-refractivity contribution in [2.45, 2.75) is 18.9 Å². The van der Waals surface area contributed by atoms with Crippen LogP contribution in [0.4, 0.5) is 0 Å². The molecular weight excluding hydrogens is 226 g/mol. The van der Waals surface area contributed by atoms with Gasteiger partial charge in [0.15, 0.2) is 0 Å². The van der Waals surface area contributed by atoms with E-state index in [0.717, 1.165) is 5.92 Å². The van der Waals surface area contributed by atoms with Crippen LogP contribution in [0.15, 0.2) is 29.6 Å². The van der Waals surface area contributed by atoms with E-state index < -0.39 is 0 Å². The van der Waals surface area contributed by atoms with Crippen molar-refractivity contribution < 1.29 is 0 Å². The summed E-state index contributed by atoms with van der Waals surface area (Å²) in [6, 6.07) is 8.81. The van der Waals surface area contributed by atoms with Crippen molar-refractivity contribution in [3.05, 3.63) is 35.2 Å². The Morgan fingerprint density at radius 1 is 1.27 bits per heavy atom. The molecule has 1 atom stereocenters. The predicted octanol–water partition coefficient (Wildman–Crippen LogP) is 3.73. The van der Waals surface area contributed by atoms with Gasteiger partial charge in [-0.1, -0.05) is 18.2 Å². The number of halogens is 1. The van der Waals surface area contributed by atoms with Crippen molar-refractivity contribution in [2.75, 3.05) is 0 Å². The van der Waals surface area contributed by atoms with Gasteiger partial charge < -0.3 is 5.73 Å². The Morgan fingerprint density at radius 3 is 2.73 bits per heavy atom. The first-order valence-electron chi connectivity index (χ1n) is 5.08. The molecule has 0 spiro atoms. The fourth-order valence-electron chi connectivity index (χ4n) is 1.97. The summed E-state index contributed by atoms with van der Waals surface area (Å²) in [4.78, 5) is 0. The van der Waals surface area contributed by atoms with E-state index in [-0.39, 0.29) is 18.4 Å². The monoisotopic (exact) mass is 239 g/mol. The lowest BCUT2D eigenvalue weighted by Gasteiger charge is -2.08. The van der Waals surface area contributed by atoms with E-state index in [0.29, 0.717) is 0 Å². The first-order valence-corrected chi connectivity index (χ1v) is 5.96. The molecule has 1 nitrogen and oxygen atoms in total. The summed E-state index contributed by atoms with van der Waals surface area (Å²) >= 11 is 1.81. The maximum atomic E-state index is 6.22. The zero-order valence-corrected chi connectivity index (χ0v) is 9.98. The standard InChI is InChI=1S/C12H13NS.ClH/c13-12(8-5-6-8)10-7-14-11-4-2-1-3-9(10)11;/h1-4,7-8,12H,5-6,13H2;1H/t12-;/m0./s1. The lowest BCUT2D eigenvalue weighted by Crippen LogP contribution is -2.11. The van der Waals surface area contributed by atoms with Crippen molar-refractivity contribution in [3.63, 3.8) is 0 Å². The van der Waals surface area contributed by atoms with Crippen molar-refractivity contribution in [1.29, 1.82) is 0 Å². The molecule has 2 N–H and O–H groups in total. The molecule has 15 heavy (non-hydrogen) atoms. The van der Waals surface area contributed by atoms with Crippen LogP contribution >= 0.6 is 23.7 Å². The highest BCUT2D eigenvalue weighted by atomic mass is 35.5. The Balaban J connectivity index is 0.000000853. The fraction of sp³-hybridized carbons (Fsp3) is 0.333. The Hall–Kier alpha value is -0.570. The third kappa shape index (κ3) is 1.89. The zero-order chi connectivity index (χ0) is 9.54. The summed E-state index contributed by atoms with van der Waals surface area (Å²) < 4.78 is 1.36. The second kappa shape index (κ2) is 4.12. The Labute approximate surface area is 99.7 Å². The van der Waals surface area contributed by atoms with Crippen LogP contribution in [0.1, 0.15) is 24.4 Å². The van der Waals surface area contributed by atoms with Gasteiger partial charge in [0.2, 0.25) is 0 Å². The lowest BCUT2D eigenvalue weighted by atomic mass is 10.0. The van der Waals surface area contributed by atoms with Crippen LogP contribution in [0.3, 0.4) is 0 Å². The molecule has 3 rings (SSSR count). The maximum absolute atomic E-state index is 6.22. The zero-order valence-electron chi connectivity index (χ0n) is 8.35. The van der Waals surface area contributed by atoms with Gasteiger partial charge in [-0.25, -0.2) is 0 Å². The van der Waals surface area contributed by atoms with E-state index >= 15 is 0 Å². The number of benzene rings is 1. The molecule has 1 aliphatic carbocycles. The summed E-state index contributed by atoms with van der Waals surface area (Å²) in [5.74, 6) is 0.744. The smallest absolute Gasteiger partial charge is 0.0346 e.